The maximum absolute atomic E-state index is 5.26. The van der Waals surface area contributed by atoms with Gasteiger partial charge in [0.2, 0.25) is 5.95 Å². The van der Waals surface area contributed by atoms with Crippen molar-refractivity contribution in [2.75, 3.05) is 11.9 Å². The van der Waals surface area contributed by atoms with Crippen LogP contribution in [0.2, 0.25) is 0 Å². The SMILES string of the molecule is CCCn1c(N(C)Cc2ccccc2Br)n[nH]c1=S. The van der Waals surface area contributed by atoms with Crippen molar-refractivity contribution >= 4 is 34.1 Å². The van der Waals surface area contributed by atoms with Crippen molar-refractivity contribution in [2.45, 2.75) is 26.4 Å². The van der Waals surface area contributed by atoms with Crippen molar-refractivity contribution in [3.05, 3.63) is 39.1 Å². The summed E-state index contributed by atoms with van der Waals surface area (Å²) in [5, 5.41) is 7.18. The van der Waals surface area contributed by atoms with E-state index in [4.69, 9.17) is 12.2 Å². The van der Waals surface area contributed by atoms with Gasteiger partial charge < -0.3 is 4.90 Å². The molecule has 19 heavy (non-hydrogen) atoms. The van der Waals surface area contributed by atoms with Crippen LogP contribution >= 0.6 is 28.1 Å². The van der Waals surface area contributed by atoms with Gasteiger partial charge in [0, 0.05) is 24.6 Å². The molecule has 6 heteroatoms. The zero-order valence-electron chi connectivity index (χ0n) is 11.1. The molecule has 0 atom stereocenters. The van der Waals surface area contributed by atoms with Crippen LogP contribution in [-0.4, -0.2) is 21.8 Å². The highest BCUT2D eigenvalue weighted by molar-refractivity contribution is 9.10. The van der Waals surface area contributed by atoms with E-state index in [0.717, 1.165) is 29.9 Å². The molecule has 0 amide bonds. The molecule has 0 unspecified atom stereocenters. The van der Waals surface area contributed by atoms with Crippen LogP contribution < -0.4 is 4.90 Å². The first-order valence-electron chi connectivity index (χ1n) is 6.23. The van der Waals surface area contributed by atoms with Crippen molar-refractivity contribution in [1.82, 2.24) is 14.8 Å². The van der Waals surface area contributed by atoms with Gasteiger partial charge in [-0.1, -0.05) is 41.1 Å². The molecule has 1 N–H and O–H groups in total. The maximum Gasteiger partial charge on any atom is 0.225 e. The molecule has 0 fully saturated rings. The lowest BCUT2D eigenvalue weighted by atomic mass is 10.2. The number of hydrogen-bond acceptors (Lipinski definition) is 3. The maximum atomic E-state index is 5.26. The summed E-state index contributed by atoms with van der Waals surface area (Å²) in [5.74, 6) is 0.877. The largest absolute Gasteiger partial charge is 0.340 e. The predicted molar refractivity (Wildman–Crippen MR) is 84.0 cm³/mol. The Hall–Kier alpha value is -1.14. The molecule has 0 saturated carbocycles. The van der Waals surface area contributed by atoms with Gasteiger partial charge in [0.1, 0.15) is 0 Å². The fourth-order valence-corrected chi connectivity index (χ4v) is 2.61. The number of anilines is 1. The normalized spacial score (nSPS) is 10.7. The standard InChI is InChI=1S/C13H17BrN4S/c1-3-8-18-12(15-16-13(18)19)17(2)9-10-6-4-5-7-11(10)14/h4-7H,3,8-9H2,1-2H3,(H,16,19). The Morgan fingerprint density at radius 2 is 2.16 bits per heavy atom. The number of H-pyrrole nitrogens is 1. The monoisotopic (exact) mass is 340 g/mol. The molecular formula is C13H17BrN4S. The summed E-state index contributed by atoms with van der Waals surface area (Å²) >= 11 is 8.83. The van der Waals surface area contributed by atoms with E-state index in [-0.39, 0.29) is 0 Å². The van der Waals surface area contributed by atoms with Crippen LogP contribution in [0.1, 0.15) is 18.9 Å². The van der Waals surface area contributed by atoms with Crippen molar-refractivity contribution in [3.63, 3.8) is 0 Å². The number of rotatable bonds is 5. The van der Waals surface area contributed by atoms with Crippen molar-refractivity contribution in [2.24, 2.45) is 0 Å². The van der Waals surface area contributed by atoms with Crippen LogP contribution in [0, 0.1) is 4.77 Å². The van der Waals surface area contributed by atoms with E-state index >= 15 is 0 Å². The van der Waals surface area contributed by atoms with Gasteiger partial charge in [0.15, 0.2) is 4.77 Å². The molecule has 0 radical (unpaired) electrons. The number of nitrogens with zero attached hydrogens (tertiary/aromatic N) is 3. The van der Waals surface area contributed by atoms with E-state index in [0.29, 0.717) is 4.77 Å². The third-order valence-corrected chi connectivity index (χ3v) is 3.98. The lowest BCUT2D eigenvalue weighted by Gasteiger charge is -2.19. The number of halogens is 1. The molecule has 0 aliphatic heterocycles. The fraction of sp³-hybridized carbons (Fsp3) is 0.385. The highest BCUT2D eigenvalue weighted by Gasteiger charge is 2.11. The third-order valence-electron chi connectivity index (χ3n) is 2.89. The third kappa shape index (κ3) is 3.25. The molecule has 1 aromatic heterocycles. The second-order valence-corrected chi connectivity index (χ2v) is 5.67. The molecule has 0 aliphatic carbocycles. The van der Waals surface area contributed by atoms with Gasteiger partial charge in [-0.3, -0.25) is 4.57 Å². The van der Waals surface area contributed by atoms with Crippen LogP contribution in [-0.2, 0) is 13.1 Å². The van der Waals surface area contributed by atoms with Crippen molar-refractivity contribution in [1.29, 1.82) is 0 Å². The van der Waals surface area contributed by atoms with E-state index < -0.39 is 0 Å². The van der Waals surface area contributed by atoms with E-state index in [2.05, 4.69) is 44.0 Å². The zero-order valence-corrected chi connectivity index (χ0v) is 13.5. The molecule has 1 aromatic carbocycles. The number of benzene rings is 1. The average Bonchev–Trinajstić information content (AvgIpc) is 2.75. The van der Waals surface area contributed by atoms with Gasteiger partial charge in [-0.2, -0.15) is 0 Å². The van der Waals surface area contributed by atoms with Gasteiger partial charge in [0.05, 0.1) is 0 Å². The Kier molecular flexibility index (Phi) is 4.76. The van der Waals surface area contributed by atoms with Crippen LogP contribution in [0.25, 0.3) is 0 Å². The Labute approximate surface area is 126 Å². The molecule has 0 saturated heterocycles. The lowest BCUT2D eigenvalue weighted by molar-refractivity contribution is 0.654. The Morgan fingerprint density at radius 1 is 1.42 bits per heavy atom. The Balaban J connectivity index is 2.23. The summed E-state index contributed by atoms with van der Waals surface area (Å²) in [6, 6.07) is 8.20. The Morgan fingerprint density at radius 3 is 2.84 bits per heavy atom. The number of nitrogens with one attached hydrogen (secondary N) is 1. The smallest absolute Gasteiger partial charge is 0.225 e. The predicted octanol–water partition coefficient (Wildman–Crippen LogP) is 3.75. The quantitative estimate of drug-likeness (QED) is 0.842. The summed E-state index contributed by atoms with van der Waals surface area (Å²) < 4.78 is 3.82. The van der Waals surface area contributed by atoms with Gasteiger partial charge >= 0.3 is 0 Å². The number of aromatic amines is 1. The molecule has 1 heterocycles. The highest BCUT2D eigenvalue weighted by atomic mass is 79.9. The molecule has 102 valence electrons. The molecule has 2 rings (SSSR count). The van der Waals surface area contributed by atoms with Crippen LogP contribution in [0.15, 0.2) is 28.7 Å². The second-order valence-electron chi connectivity index (χ2n) is 4.43. The van der Waals surface area contributed by atoms with Gasteiger partial charge in [0.25, 0.3) is 0 Å². The van der Waals surface area contributed by atoms with Gasteiger partial charge in [-0.25, -0.2) is 5.10 Å². The first-order chi connectivity index (χ1) is 9.13. The summed E-state index contributed by atoms with van der Waals surface area (Å²) in [4.78, 5) is 2.10. The van der Waals surface area contributed by atoms with E-state index in [1.807, 2.05) is 29.8 Å². The molecule has 2 aromatic rings. The van der Waals surface area contributed by atoms with Crippen LogP contribution in [0.3, 0.4) is 0 Å². The Bertz CT molecular complexity index is 605. The van der Waals surface area contributed by atoms with Crippen LogP contribution in [0.5, 0.6) is 0 Å². The fourth-order valence-electron chi connectivity index (χ4n) is 1.98. The number of hydrogen-bond donors (Lipinski definition) is 1. The first kappa shape index (κ1) is 14.3. The minimum atomic E-state index is 0.677. The molecule has 0 aliphatic rings. The molecule has 4 nitrogen and oxygen atoms in total. The summed E-state index contributed by atoms with van der Waals surface area (Å²) in [6.07, 6.45) is 1.03. The van der Waals surface area contributed by atoms with Gasteiger partial charge in [-0.05, 0) is 30.3 Å². The van der Waals surface area contributed by atoms with E-state index in [1.54, 1.807) is 0 Å². The highest BCUT2D eigenvalue weighted by Crippen LogP contribution is 2.20. The summed E-state index contributed by atoms with van der Waals surface area (Å²) in [6.45, 7) is 3.79. The summed E-state index contributed by atoms with van der Waals surface area (Å²) in [7, 11) is 2.02. The number of aromatic nitrogens is 3. The minimum absolute atomic E-state index is 0.677. The molecular weight excluding hydrogens is 324 g/mol. The van der Waals surface area contributed by atoms with E-state index in [9.17, 15) is 0 Å². The first-order valence-corrected chi connectivity index (χ1v) is 7.43. The van der Waals surface area contributed by atoms with Crippen molar-refractivity contribution < 1.29 is 0 Å². The van der Waals surface area contributed by atoms with Crippen LogP contribution in [0.4, 0.5) is 5.95 Å². The zero-order chi connectivity index (χ0) is 13.8. The second kappa shape index (κ2) is 6.34. The average molecular weight is 341 g/mol. The van der Waals surface area contributed by atoms with E-state index in [1.165, 1.54) is 5.56 Å². The van der Waals surface area contributed by atoms with Crippen molar-refractivity contribution in [3.8, 4) is 0 Å². The van der Waals surface area contributed by atoms with Gasteiger partial charge in [-0.15, -0.1) is 5.10 Å². The topological polar surface area (TPSA) is 36.9 Å². The minimum Gasteiger partial charge on any atom is -0.340 e. The molecule has 0 bridgehead atoms. The lowest BCUT2D eigenvalue weighted by Crippen LogP contribution is -2.21. The molecule has 0 spiro atoms. The summed E-state index contributed by atoms with van der Waals surface area (Å²) in [5.41, 5.74) is 1.22.